The van der Waals surface area contributed by atoms with Gasteiger partial charge in [-0.05, 0) is 75.9 Å². The molecule has 0 spiro atoms. The fourth-order valence-corrected chi connectivity index (χ4v) is 3.46. The second kappa shape index (κ2) is 4.55. The van der Waals surface area contributed by atoms with Crippen LogP contribution in [0.15, 0.2) is 22.3 Å². The Morgan fingerprint density at radius 1 is 1.20 bits per heavy atom. The smallest absolute Gasteiger partial charge is 0.0200 e. The minimum atomic E-state index is 0.908. The van der Waals surface area contributed by atoms with Gasteiger partial charge in [-0.25, -0.2) is 0 Å². The van der Waals surface area contributed by atoms with E-state index in [1.807, 2.05) is 0 Å². The Morgan fingerprint density at radius 2 is 2.00 bits per heavy atom. The zero-order valence-electron chi connectivity index (χ0n) is 10.5. The van der Waals surface area contributed by atoms with Crippen LogP contribution in [0.25, 0.3) is 0 Å². The van der Waals surface area contributed by atoms with Gasteiger partial charge in [0.1, 0.15) is 0 Å². The minimum absolute atomic E-state index is 0.908. The van der Waals surface area contributed by atoms with Crippen molar-refractivity contribution >= 4 is 0 Å². The molecule has 0 aromatic rings. The second-order valence-electron chi connectivity index (χ2n) is 5.26. The van der Waals surface area contributed by atoms with E-state index in [-0.39, 0.29) is 0 Å². The van der Waals surface area contributed by atoms with Crippen molar-refractivity contribution in [3.05, 3.63) is 22.3 Å². The molecule has 0 aliphatic heterocycles. The molecule has 0 heteroatoms. The van der Waals surface area contributed by atoms with Gasteiger partial charge in [0.2, 0.25) is 0 Å². The van der Waals surface area contributed by atoms with Gasteiger partial charge >= 0.3 is 0 Å². The summed E-state index contributed by atoms with van der Waals surface area (Å²) >= 11 is 0. The van der Waals surface area contributed by atoms with Crippen LogP contribution in [0, 0.1) is 5.92 Å². The Labute approximate surface area is 94.5 Å². The SMILES string of the molecule is CCC1CCC/C1=C(\C)C1=C(C)CCC1. The molecule has 1 atom stereocenters. The van der Waals surface area contributed by atoms with E-state index in [0.29, 0.717) is 0 Å². The first kappa shape index (κ1) is 11.0. The molecule has 0 aromatic carbocycles. The summed E-state index contributed by atoms with van der Waals surface area (Å²) in [6, 6.07) is 0. The first-order valence-corrected chi connectivity index (χ1v) is 6.62. The Balaban J connectivity index is 2.28. The number of allylic oxidation sites excluding steroid dienone is 4. The Bertz CT molecular complexity index is 304. The molecule has 0 aromatic heterocycles. The maximum Gasteiger partial charge on any atom is -0.0200 e. The summed E-state index contributed by atoms with van der Waals surface area (Å²) in [6.45, 7) is 7.06. The van der Waals surface area contributed by atoms with Crippen LogP contribution in [0.1, 0.15) is 65.7 Å². The molecule has 2 aliphatic rings. The van der Waals surface area contributed by atoms with Gasteiger partial charge in [0.25, 0.3) is 0 Å². The summed E-state index contributed by atoms with van der Waals surface area (Å²) in [7, 11) is 0. The van der Waals surface area contributed by atoms with Crippen LogP contribution in [0.3, 0.4) is 0 Å². The van der Waals surface area contributed by atoms with Crippen molar-refractivity contribution in [2.24, 2.45) is 5.92 Å². The Kier molecular flexibility index (Phi) is 3.33. The maximum atomic E-state index is 2.38. The van der Waals surface area contributed by atoms with E-state index in [0.717, 1.165) is 5.92 Å². The number of rotatable bonds is 2. The van der Waals surface area contributed by atoms with Crippen LogP contribution in [-0.2, 0) is 0 Å². The molecule has 0 saturated heterocycles. The predicted molar refractivity (Wildman–Crippen MR) is 66.9 cm³/mol. The minimum Gasteiger partial charge on any atom is -0.0698 e. The van der Waals surface area contributed by atoms with Gasteiger partial charge in [0.15, 0.2) is 0 Å². The molecular weight excluding hydrogens is 180 g/mol. The van der Waals surface area contributed by atoms with Crippen molar-refractivity contribution in [3.63, 3.8) is 0 Å². The third-order valence-corrected chi connectivity index (χ3v) is 4.41. The highest BCUT2D eigenvalue weighted by Crippen LogP contribution is 2.40. The van der Waals surface area contributed by atoms with Crippen molar-refractivity contribution < 1.29 is 0 Å². The van der Waals surface area contributed by atoms with Gasteiger partial charge in [-0.3, -0.25) is 0 Å². The molecule has 1 fully saturated rings. The summed E-state index contributed by atoms with van der Waals surface area (Å²) in [5, 5.41) is 0. The molecule has 0 bridgehead atoms. The average Bonchev–Trinajstić information content (AvgIpc) is 2.84. The monoisotopic (exact) mass is 204 g/mol. The lowest BCUT2D eigenvalue weighted by Gasteiger charge is -2.15. The predicted octanol–water partition coefficient (Wildman–Crippen LogP) is 5.01. The largest absolute Gasteiger partial charge is 0.0698 e. The first-order valence-electron chi connectivity index (χ1n) is 6.62. The molecular formula is C15H24. The van der Waals surface area contributed by atoms with Crippen molar-refractivity contribution in [1.29, 1.82) is 0 Å². The third kappa shape index (κ3) is 2.04. The molecule has 0 N–H and O–H groups in total. The zero-order valence-corrected chi connectivity index (χ0v) is 10.5. The van der Waals surface area contributed by atoms with E-state index in [1.165, 1.54) is 44.9 Å². The fraction of sp³-hybridized carbons (Fsp3) is 0.733. The van der Waals surface area contributed by atoms with Gasteiger partial charge in [-0.1, -0.05) is 18.1 Å². The quantitative estimate of drug-likeness (QED) is 0.593. The summed E-state index contributed by atoms with van der Waals surface area (Å²) < 4.78 is 0. The van der Waals surface area contributed by atoms with Gasteiger partial charge in [0, 0.05) is 0 Å². The average molecular weight is 204 g/mol. The van der Waals surface area contributed by atoms with E-state index in [4.69, 9.17) is 0 Å². The van der Waals surface area contributed by atoms with Gasteiger partial charge in [-0.15, -0.1) is 0 Å². The lowest BCUT2D eigenvalue weighted by molar-refractivity contribution is 0.602. The zero-order chi connectivity index (χ0) is 10.8. The lowest BCUT2D eigenvalue weighted by atomic mass is 9.91. The molecule has 15 heavy (non-hydrogen) atoms. The molecule has 0 amide bonds. The maximum absolute atomic E-state index is 2.38. The Morgan fingerprint density at radius 3 is 2.60 bits per heavy atom. The second-order valence-corrected chi connectivity index (χ2v) is 5.26. The topological polar surface area (TPSA) is 0 Å². The molecule has 2 aliphatic carbocycles. The van der Waals surface area contributed by atoms with E-state index >= 15 is 0 Å². The first-order chi connectivity index (χ1) is 7.24. The van der Waals surface area contributed by atoms with Crippen LogP contribution >= 0.6 is 0 Å². The molecule has 84 valence electrons. The normalized spacial score (nSPS) is 30.2. The molecule has 1 saturated carbocycles. The van der Waals surface area contributed by atoms with E-state index in [2.05, 4.69) is 20.8 Å². The van der Waals surface area contributed by atoms with Crippen LogP contribution < -0.4 is 0 Å². The van der Waals surface area contributed by atoms with Gasteiger partial charge < -0.3 is 0 Å². The van der Waals surface area contributed by atoms with E-state index in [1.54, 1.807) is 22.3 Å². The lowest BCUT2D eigenvalue weighted by Crippen LogP contribution is -1.99. The van der Waals surface area contributed by atoms with Crippen molar-refractivity contribution in [2.75, 3.05) is 0 Å². The highest BCUT2D eigenvalue weighted by Gasteiger charge is 2.23. The van der Waals surface area contributed by atoms with Crippen LogP contribution in [0.5, 0.6) is 0 Å². The van der Waals surface area contributed by atoms with Crippen molar-refractivity contribution in [3.8, 4) is 0 Å². The standard InChI is InChI=1S/C15H24/c1-4-13-8-6-10-15(13)12(3)14-9-5-7-11(14)2/h13H,4-10H2,1-3H3/b15-12-. The highest BCUT2D eigenvalue weighted by molar-refractivity contribution is 5.40. The molecule has 0 heterocycles. The third-order valence-electron chi connectivity index (χ3n) is 4.41. The van der Waals surface area contributed by atoms with E-state index < -0.39 is 0 Å². The number of hydrogen-bond acceptors (Lipinski definition) is 0. The molecule has 0 radical (unpaired) electrons. The summed E-state index contributed by atoms with van der Waals surface area (Å²) in [5.41, 5.74) is 6.86. The molecule has 1 unspecified atom stereocenters. The van der Waals surface area contributed by atoms with Crippen molar-refractivity contribution in [1.82, 2.24) is 0 Å². The fourth-order valence-electron chi connectivity index (χ4n) is 3.46. The van der Waals surface area contributed by atoms with Gasteiger partial charge in [0.05, 0.1) is 0 Å². The number of hydrogen-bond donors (Lipinski definition) is 0. The van der Waals surface area contributed by atoms with E-state index in [9.17, 15) is 0 Å². The summed E-state index contributed by atoms with van der Waals surface area (Å²) in [4.78, 5) is 0. The summed E-state index contributed by atoms with van der Waals surface area (Å²) in [6.07, 6.45) is 9.67. The molecule has 0 nitrogen and oxygen atoms in total. The summed E-state index contributed by atoms with van der Waals surface area (Å²) in [5.74, 6) is 0.908. The Hall–Kier alpha value is -0.520. The highest BCUT2D eigenvalue weighted by atomic mass is 14.3. The van der Waals surface area contributed by atoms with Crippen LogP contribution in [0.2, 0.25) is 0 Å². The van der Waals surface area contributed by atoms with Crippen molar-refractivity contribution in [2.45, 2.75) is 65.7 Å². The molecule has 2 rings (SSSR count). The van der Waals surface area contributed by atoms with Crippen LogP contribution in [-0.4, -0.2) is 0 Å². The van der Waals surface area contributed by atoms with Gasteiger partial charge in [-0.2, -0.15) is 0 Å². The van der Waals surface area contributed by atoms with Crippen LogP contribution in [0.4, 0.5) is 0 Å².